The molecule has 4 rings (SSSR count). The maximum absolute atomic E-state index is 13.8. The summed E-state index contributed by atoms with van der Waals surface area (Å²) in [5, 5.41) is 0. The van der Waals surface area contributed by atoms with Crippen molar-refractivity contribution in [1.29, 1.82) is 0 Å². The van der Waals surface area contributed by atoms with Crippen molar-refractivity contribution in [3.8, 4) is 0 Å². The highest BCUT2D eigenvalue weighted by Crippen LogP contribution is 2.24. The molecule has 1 amide bonds. The number of aryl methyl sites for hydroxylation is 1. The van der Waals surface area contributed by atoms with Crippen LogP contribution in [0.15, 0.2) is 47.5 Å². The lowest BCUT2D eigenvalue weighted by Crippen LogP contribution is -2.46. The molecule has 2 heterocycles. The van der Waals surface area contributed by atoms with Crippen LogP contribution in [0.1, 0.15) is 23.1 Å². The lowest BCUT2D eigenvalue weighted by Gasteiger charge is -2.34. The van der Waals surface area contributed by atoms with Gasteiger partial charge in [0, 0.05) is 63.4 Å². The van der Waals surface area contributed by atoms with Crippen molar-refractivity contribution in [1.82, 2.24) is 14.7 Å². The molecule has 2 aliphatic heterocycles. The van der Waals surface area contributed by atoms with Crippen LogP contribution in [-0.4, -0.2) is 79.3 Å². The van der Waals surface area contributed by atoms with E-state index in [1.807, 2.05) is 0 Å². The minimum absolute atomic E-state index is 0.0825. The van der Waals surface area contributed by atoms with Gasteiger partial charge in [0.2, 0.25) is 5.91 Å². The number of likely N-dealkylation sites (N-methyl/N-ethyl adjacent to an activating group) is 1. The first-order valence-electron chi connectivity index (χ1n) is 12.1. The van der Waals surface area contributed by atoms with E-state index in [1.54, 1.807) is 30.0 Å². The van der Waals surface area contributed by atoms with Crippen molar-refractivity contribution in [3.63, 3.8) is 0 Å². The van der Waals surface area contributed by atoms with Crippen LogP contribution in [-0.2, 0) is 9.59 Å². The van der Waals surface area contributed by atoms with Crippen LogP contribution in [0.3, 0.4) is 0 Å². The minimum Gasteiger partial charge on any atom is -0.334 e. The highest BCUT2D eigenvalue weighted by molar-refractivity contribution is 6.15. The summed E-state index contributed by atoms with van der Waals surface area (Å²) >= 11 is 0. The smallest absolute Gasteiger partial charge is 0.224 e. The van der Waals surface area contributed by atoms with Gasteiger partial charge in [-0.1, -0.05) is 12.1 Å². The number of likely N-dealkylation sites (tertiary alicyclic amines) is 1. The average Bonchev–Trinajstić information content (AvgIpc) is 2.85. The van der Waals surface area contributed by atoms with E-state index in [2.05, 4.69) is 16.8 Å². The van der Waals surface area contributed by atoms with Crippen LogP contribution < -0.4 is 0 Å². The molecule has 2 saturated heterocycles. The molecule has 0 aromatic heterocycles. The molecule has 2 aromatic rings. The predicted octanol–water partition coefficient (Wildman–Crippen LogP) is 3.93. The van der Waals surface area contributed by atoms with Gasteiger partial charge in [0.25, 0.3) is 0 Å². The van der Waals surface area contributed by atoms with Gasteiger partial charge in [-0.15, -0.1) is 0 Å². The van der Waals surface area contributed by atoms with E-state index in [0.717, 1.165) is 38.3 Å². The quantitative estimate of drug-likeness (QED) is 0.588. The van der Waals surface area contributed by atoms with Crippen molar-refractivity contribution < 1.29 is 22.8 Å². The van der Waals surface area contributed by atoms with Gasteiger partial charge >= 0.3 is 0 Å². The molecular weight excluding hydrogens is 467 g/mol. The summed E-state index contributed by atoms with van der Waals surface area (Å²) in [6.07, 6.45) is 3.47. The van der Waals surface area contributed by atoms with Crippen molar-refractivity contribution >= 4 is 23.8 Å². The Morgan fingerprint density at radius 1 is 0.861 bits per heavy atom. The zero-order valence-corrected chi connectivity index (χ0v) is 20.6. The Balaban J connectivity index is 1.58. The number of carbonyl (C=O) groups excluding carboxylic acids is 2. The number of Topliss-reactive ketones (excluding diaryl/α,β-unsaturated/α-hetero) is 1. The molecule has 0 atom stereocenters. The highest BCUT2D eigenvalue weighted by atomic mass is 19.2. The monoisotopic (exact) mass is 497 g/mol. The lowest BCUT2D eigenvalue weighted by molar-refractivity contribution is -0.131. The Morgan fingerprint density at radius 3 is 2.03 bits per heavy atom. The minimum atomic E-state index is -1.01. The Bertz CT molecular complexity index is 1140. The average molecular weight is 498 g/mol. The second kappa shape index (κ2) is 11.2. The number of benzene rings is 2. The van der Waals surface area contributed by atoms with Crippen LogP contribution >= 0.6 is 0 Å². The van der Waals surface area contributed by atoms with Gasteiger partial charge in [-0.25, -0.2) is 13.2 Å². The molecule has 0 saturated carbocycles. The molecule has 0 radical (unpaired) electrons. The van der Waals surface area contributed by atoms with Gasteiger partial charge in [0.05, 0.1) is 0 Å². The Labute approximate surface area is 209 Å². The number of hydrogen-bond donors (Lipinski definition) is 0. The van der Waals surface area contributed by atoms with Gasteiger partial charge in [0.1, 0.15) is 5.82 Å². The number of hydrogen-bond acceptors (Lipinski definition) is 4. The zero-order valence-electron chi connectivity index (χ0n) is 20.6. The standard InChI is InChI=1S/C28H30F3N3O2/c1-19-13-20(3-5-24(19)29)14-22-17-34(27(35)7-8-33-11-9-32(2)10-12-33)18-23(28(22)36)15-21-4-6-25(30)26(31)16-21/h3-6,13-16H,7-12,17-18H2,1-2H3/b22-14+,23-15+. The van der Waals surface area contributed by atoms with E-state index in [1.165, 1.54) is 18.2 Å². The van der Waals surface area contributed by atoms with E-state index < -0.39 is 11.6 Å². The number of piperazine rings is 1. The first-order valence-corrected chi connectivity index (χ1v) is 12.1. The molecule has 0 N–H and O–H groups in total. The molecule has 2 fully saturated rings. The predicted molar refractivity (Wildman–Crippen MR) is 134 cm³/mol. The Kier molecular flexibility index (Phi) is 8.06. The van der Waals surface area contributed by atoms with Crippen LogP contribution in [0.4, 0.5) is 13.2 Å². The number of ketones is 1. The highest BCUT2D eigenvalue weighted by Gasteiger charge is 2.29. The summed E-state index contributed by atoms with van der Waals surface area (Å²) in [6, 6.07) is 7.98. The zero-order chi connectivity index (χ0) is 25.8. The van der Waals surface area contributed by atoms with Crippen molar-refractivity contribution in [2.24, 2.45) is 0 Å². The SMILES string of the molecule is Cc1cc(/C=C2\CN(C(=O)CCN3CCN(C)CC3)C/C(=C\c3ccc(F)c(F)c3)C2=O)ccc1F. The van der Waals surface area contributed by atoms with E-state index >= 15 is 0 Å². The van der Waals surface area contributed by atoms with Gasteiger partial charge < -0.3 is 14.7 Å². The third kappa shape index (κ3) is 6.30. The largest absolute Gasteiger partial charge is 0.334 e. The summed E-state index contributed by atoms with van der Waals surface area (Å²) in [5.74, 6) is -2.68. The summed E-state index contributed by atoms with van der Waals surface area (Å²) in [6.45, 7) is 6.20. The molecule has 0 bridgehead atoms. The van der Waals surface area contributed by atoms with E-state index in [0.29, 0.717) is 40.8 Å². The van der Waals surface area contributed by atoms with E-state index in [4.69, 9.17) is 0 Å². The summed E-state index contributed by atoms with van der Waals surface area (Å²) < 4.78 is 40.9. The Hall–Kier alpha value is -3.23. The molecule has 2 aromatic carbocycles. The lowest BCUT2D eigenvalue weighted by atomic mass is 9.93. The number of amides is 1. The number of halogens is 3. The molecule has 2 aliphatic rings. The number of nitrogens with zero attached hydrogens (tertiary/aromatic N) is 3. The number of carbonyl (C=O) groups is 2. The molecule has 36 heavy (non-hydrogen) atoms. The van der Waals surface area contributed by atoms with E-state index in [9.17, 15) is 22.8 Å². The fourth-order valence-electron chi connectivity index (χ4n) is 4.46. The van der Waals surface area contributed by atoms with Gasteiger partial charge in [-0.3, -0.25) is 9.59 Å². The van der Waals surface area contributed by atoms with Crippen LogP contribution in [0, 0.1) is 24.4 Å². The molecule has 190 valence electrons. The molecular formula is C28H30F3N3O2. The van der Waals surface area contributed by atoms with Crippen molar-refractivity contribution in [3.05, 3.63) is 81.7 Å². The fraction of sp³-hybridized carbons (Fsp3) is 0.357. The van der Waals surface area contributed by atoms with E-state index in [-0.39, 0.29) is 30.6 Å². The van der Waals surface area contributed by atoms with Crippen LogP contribution in [0.5, 0.6) is 0 Å². The van der Waals surface area contributed by atoms with Crippen LogP contribution in [0.25, 0.3) is 12.2 Å². The van der Waals surface area contributed by atoms with Crippen molar-refractivity contribution in [2.45, 2.75) is 13.3 Å². The number of piperidine rings is 1. The Morgan fingerprint density at radius 2 is 1.44 bits per heavy atom. The third-order valence-corrected chi connectivity index (χ3v) is 6.70. The first kappa shape index (κ1) is 25.9. The molecule has 0 unspecified atom stereocenters. The summed E-state index contributed by atoms with van der Waals surface area (Å²) in [4.78, 5) is 32.6. The number of rotatable bonds is 5. The second-order valence-electron chi connectivity index (χ2n) is 9.50. The molecule has 8 heteroatoms. The normalized spacial score (nSPS) is 19.9. The van der Waals surface area contributed by atoms with Crippen LogP contribution in [0.2, 0.25) is 0 Å². The maximum atomic E-state index is 13.8. The summed E-state index contributed by atoms with van der Waals surface area (Å²) in [5.41, 5.74) is 2.13. The molecule has 5 nitrogen and oxygen atoms in total. The molecule has 0 aliphatic carbocycles. The van der Waals surface area contributed by atoms with Gasteiger partial charge in [0.15, 0.2) is 17.4 Å². The van der Waals surface area contributed by atoms with Gasteiger partial charge in [-0.2, -0.15) is 0 Å². The fourth-order valence-corrected chi connectivity index (χ4v) is 4.46. The molecule has 0 spiro atoms. The first-order chi connectivity index (χ1) is 17.2. The second-order valence-corrected chi connectivity index (χ2v) is 9.50. The maximum Gasteiger partial charge on any atom is 0.224 e. The summed E-state index contributed by atoms with van der Waals surface area (Å²) in [7, 11) is 2.07. The van der Waals surface area contributed by atoms with Crippen molar-refractivity contribution in [2.75, 3.05) is 52.9 Å². The third-order valence-electron chi connectivity index (χ3n) is 6.70. The van der Waals surface area contributed by atoms with Gasteiger partial charge in [-0.05, 0) is 67.1 Å². The topological polar surface area (TPSA) is 43.9 Å².